The lowest BCUT2D eigenvalue weighted by molar-refractivity contribution is -0.169. The van der Waals surface area contributed by atoms with Crippen molar-refractivity contribution in [1.29, 1.82) is 0 Å². The summed E-state index contributed by atoms with van der Waals surface area (Å²) in [6.07, 6.45) is 4.84. The van der Waals surface area contributed by atoms with Gasteiger partial charge in [0.15, 0.2) is 0 Å². The maximum atomic E-state index is 15.5. The van der Waals surface area contributed by atoms with Crippen LogP contribution in [-0.2, 0) is 38.1 Å². The van der Waals surface area contributed by atoms with E-state index in [1.165, 1.54) is 11.8 Å². The summed E-state index contributed by atoms with van der Waals surface area (Å²) in [6.45, 7) is 49.6. The van der Waals surface area contributed by atoms with Crippen molar-refractivity contribution in [3.05, 3.63) is 33.7 Å². The summed E-state index contributed by atoms with van der Waals surface area (Å²) in [5.74, 6) is -1.48. The minimum absolute atomic E-state index is 0.00344. The fourth-order valence-corrected chi connectivity index (χ4v) is 12.2. The molecule has 77 heavy (non-hydrogen) atoms. The number of esters is 3. The lowest BCUT2D eigenvalue weighted by atomic mass is 9.59. The van der Waals surface area contributed by atoms with Gasteiger partial charge in [-0.1, -0.05) is 145 Å². The maximum Gasteiger partial charge on any atom is 0.342 e. The third-order valence-electron chi connectivity index (χ3n) is 16.8. The molecule has 2 saturated carbocycles. The van der Waals surface area contributed by atoms with Gasteiger partial charge in [-0.15, -0.1) is 11.8 Å². The molecular formula is C63H104N4O9S. The first-order valence-electron chi connectivity index (χ1n) is 28.7. The molecule has 2 aliphatic carbocycles. The number of amides is 2. The molecule has 3 aliphatic rings. The van der Waals surface area contributed by atoms with E-state index in [0.717, 1.165) is 25.7 Å². The number of carbonyl (C=O) groups is 5. The van der Waals surface area contributed by atoms with Gasteiger partial charge in [-0.3, -0.25) is 14.4 Å². The second-order valence-electron chi connectivity index (χ2n) is 29.4. The SMILES string of the molecule is CCC(C)(C)C(=O)OCCSC(C)C(=O)Nc1[nH]c(C=C2N=C(NC(=O)C(C)(C)C)C(C(=O)OC3C(C(C)(C)C)CC(OC)CC3C(C)(C)C)=C2C(C)C)c(C(C)C)c1C(=O)OC1C(C(C)(C)C)CC(C)CC1C(C)(C)C. The molecule has 5 atom stereocenters. The van der Waals surface area contributed by atoms with Crippen LogP contribution in [0.25, 0.3) is 6.08 Å². The number of thioether (sulfide) groups is 1. The van der Waals surface area contributed by atoms with Crippen LogP contribution in [0.1, 0.15) is 226 Å². The zero-order chi connectivity index (χ0) is 58.9. The second-order valence-corrected chi connectivity index (χ2v) is 30.9. The van der Waals surface area contributed by atoms with Crippen molar-refractivity contribution in [3.63, 3.8) is 0 Å². The highest BCUT2D eigenvalue weighted by molar-refractivity contribution is 8.00. The Hall–Kier alpha value is -3.91. The van der Waals surface area contributed by atoms with E-state index in [1.807, 2.05) is 75.3 Å². The van der Waals surface area contributed by atoms with Gasteiger partial charge in [-0.05, 0) is 110 Å². The molecule has 2 amide bonds. The number of aromatic amines is 1. The lowest BCUT2D eigenvalue weighted by Gasteiger charge is -2.50. The van der Waals surface area contributed by atoms with Crippen LogP contribution in [-0.4, -0.2) is 83.6 Å². The largest absolute Gasteiger partial charge is 0.464 e. The molecule has 2 heterocycles. The second kappa shape index (κ2) is 24.8. The topological polar surface area (TPSA) is 174 Å². The highest BCUT2D eigenvalue weighted by Gasteiger charge is 2.51. The van der Waals surface area contributed by atoms with Crippen LogP contribution in [0.5, 0.6) is 0 Å². The maximum absolute atomic E-state index is 15.5. The first-order chi connectivity index (χ1) is 35.1. The molecular weight excluding hydrogens is 989 g/mol. The van der Waals surface area contributed by atoms with Crippen molar-refractivity contribution in [2.45, 2.75) is 228 Å². The van der Waals surface area contributed by atoms with Gasteiger partial charge >= 0.3 is 17.9 Å². The van der Waals surface area contributed by atoms with E-state index < -0.39 is 40.2 Å². The van der Waals surface area contributed by atoms with E-state index in [0.29, 0.717) is 40.6 Å². The summed E-state index contributed by atoms with van der Waals surface area (Å²) >= 11 is 1.35. The zero-order valence-corrected chi connectivity index (χ0v) is 53.2. The number of hydrogen-bond donors (Lipinski definition) is 3. The Morgan fingerprint density at radius 1 is 0.701 bits per heavy atom. The predicted molar refractivity (Wildman–Crippen MR) is 315 cm³/mol. The molecule has 5 unspecified atom stereocenters. The molecule has 0 bridgehead atoms. The zero-order valence-electron chi connectivity index (χ0n) is 52.4. The monoisotopic (exact) mass is 1090 g/mol. The summed E-state index contributed by atoms with van der Waals surface area (Å²) in [6, 6.07) is 0. The standard InChI is InChI=1S/C63H104N4O9S/c1-26-63(23,24)57(72)74-27-28-77-37(7)53(68)66-51-47(54(69)75-49-39(58(8,9)10)29-36(6)30-40(49)59(11,12)13)45(34(2)3)43(64-51)33-44-46(35(4)5)48(52(65-44)67-56(71)62(20,21)22)55(70)76-50-41(60(14,15)16)31-38(73-25)32-42(50)61(17,18)19/h33-42,49-50,64H,26-32H2,1-25H3,(H,66,68)(H,65,67,71). The number of carbonyl (C=O) groups excluding carboxylic acids is 5. The van der Waals surface area contributed by atoms with Gasteiger partial charge < -0.3 is 34.6 Å². The van der Waals surface area contributed by atoms with E-state index in [1.54, 1.807) is 14.0 Å². The van der Waals surface area contributed by atoms with Crippen LogP contribution >= 0.6 is 11.8 Å². The summed E-state index contributed by atoms with van der Waals surface area (Å²) < 4.78 is 25.4. The summed E-state index contributed by atoms with van der Waals surface area (Å²) in [4.78, 5) is 80.4. The van der Waals surface area contributed by atoms with Crippen molar-refractivity contribution < 1.29 is 42.9 Å². The van der Waals surface area contributed by atoms with E-state index in [4.69, 9.17) is 23.9 Å². The third-order valence-corrected chi connectivity index (χ3v) is 17.9. The number of ether oxygens (including phenoxy) is 4. The number of nitrogens with one attached hydrogen (secondary N) is 3. The van der Waals surface area contributed by atoms with E-state index >= 15 is 9.59 Å². The number of amidine groups is 1. The van der Waals surface area contributed by atoms with Crippen molar-refractivity contribution in [3.8, 4) is 0 Å². The number of nitrogens with zero attached hydrogens (tertiary/aromatic N) is 1. The third kappa shape index (κ3) is 16.1. The molecule has 1 aromatic rings. The fourth-order valence-electron chi connectivity index (χ4n) is 11.5. The van der Waals surface area contributed by atoms with Gasteiger partial charge in [0.05, 0.1) is 22.5 Å². The molecule has 0 radical (unpaired) electrons. The van der Waals surface area contributed by atoms with Crippen molar-refractivity contribution in [2.24, 2.45) is 73.0 Å². The van der Waals surface area contributed by atoms with Crippen molar-refractivity contribution in [2.75, 3.05) is 24.8 Å². The molecule has 4 rings (SSSR count). The smallest absolute Gasteiger partial charge is 0.342 e. The number of methoxy groups -OCH3 is 1. The van der Waals surface area contributed by atoms with Crippen LogP contribution in [0.15, 0.2) is 21.8 Å². The van der Waals surface area contributed by atoms with Gasteiger partial charge in [-0.25, -0.2) is 14.6 Å². The molecule has 0 saturated heterocycles. The van der Waals surface area contributed by atoms with E-state index in [2.05, 4.69) is 106 Å². The molecule has 3 N–H and O–H groups in total. The molecule has 13 nitrogen and oxygen atoms in total. The number of aliphatic imine (C=N–C) groups is 1. The molecule has 14 heteroatoms. The average molecular weight is 1090 g/mol. The Balaban J connectivity index is 1.98. The normalized spacial score (nSPS) is 25.0. The molecule has 0 aromatic carbocycles. The highest BCUT2D eigenvalue weighted by Crippen LogP contribution is 2.52. The van der Waals surface area contributed by atoms with Crippen LogP contribution in [0, 0.1) is 68.0 Å². The molecule has 1 aliphatic heterocycles. The summed E-state index contributed by atoms with van der Waals surface area (Å²) in [5, 5.41) is 5.54. The number of aromatic nitrogens is 1. The van der Waals surface area contributed by atoms with E-state index in [-0.39, 0.29) is 110 Å². The van der Waals surface area contributed by atoms with Crippen molar-refractivity contribution in [1.82, 2.24) is 10.3 Å². The number of allylic oxidation sites excluding steroid dienone is 1. The number of rotatable bonds is 16. The molecule has 2 fully saturated rings. The molecule has 436 valence electrons. The predicted octanol–water partition coefficient (Wildman–Crippen LogP) is 14.4. The van der Waals surface area contributed by atoms with Gasteiger partial charge in [-0.2, -0.15) is 0 Å². The lowest BCUT2D eigenvalue weighted by Crippen LogP contribution is -2.52. The van der Waals surface area contributed by atoms with Gasteiger partial charge in [0.1, 0.15) is 41.6 Å². The van der Waals surface area contributed by atoms with Gasteiger partial charge in [0.2, 0.25) is 11.8 Å². The Kier molecular flexibility index (Phi) is 21.2. The first kappa shape index (κ1) is 65.6. The Morgan fingerprint density at radius 2 is 1.18 bits per heavy atom. The van der Waals surface area contributed by atoms with Gasteiger partial charge in [0.25, 0.3) is 0 Å². The van der Waals surface area contributed by atoms with Crippen LogP contribution < -0.4 is 10.6 Å². The first-order valence-corrected chi connectivity index (χ1v) is 29.8. The molecule has 0 spiro atoms. The Bertz CT molecular complexity index is 2340. The fraction of sp³-hybridized carbons (Fsp3) is 0.778. The summed E-state index contributed by atoms with van der Waals surface area (Å²) in [5.41, 5.74) is 0.235. The van der Waals surface area contributed by atoms with E-state index in [9.17, 15) is 14.4 Å². The Morgan fingerprint density at radius 3 is 1.61 bits per heavy atom. The molecule has 1 aromatic heterocycles. The van der Waals surface area contributed by atoms with Gasteiger partial charge in [0, 0.05) is 47.6 Å². The van der Waals surface area contributed by atoms with Crippen LogP contribution in [0.3, 0.4) is 0 Å². The Labute approximate surface area is 469 Å². The summed E-state index contributed by atoms with van der Waals surface area (Å²) in [7, 11) is 1.75. The number of H-pyrrole nitrogens is 1. The highest BCUT2D eigenvalue weighted by atomic mass is 32.2. The van der Waals surface area contributed by atoms with Crippen LogP contribution in [0.2, 0.25) is 0 Å². The van der Waals surface area contributed by atoms with Crippen molar-refractivity contribution >= 4 is 59.2 Å². The quantitative estimate of drug-likeness (QED) is 0.0821. The number of anilines is 1. The minimum Gasteiger partial charge on any atom is -0.464 e. The minimum atomic E-state index is -0.831. The number of hydrogen-bond acceptors (Lipinski definition) is 11. The average Bonchev–Trinajstić information content (AvgIpc) is 3.83. The van der Waals surface area contributed by atoms with Crippen LogP contribution in [0.4, 0.5) is 5.82 Å².